The highest BCUT2D eigenvalue weighted by molar-refractivity contribution is 5.78. The lowest BCUT2D eigenvalue weighted by atomic mass is 9.96. The average Bonchev–Trinajstić information content (AvgIpc) is 3.10. The van der Waals surface area contributed by atoms with Crippen LogP contribution in [-0.4, -0.2) is 50.1 Å². The van der Waals surface area contributed by atoms with Gasteiger partial charge in [0, 0.05) is 49.6 Å². The van der Waals surface area contributed by atoms with Crippen LogP contribution in [0.4, 0.5) is 5.95 Å². The number of carbonyl (C=O) groups excluding carboxylic acids is 1. The number of hydrogen-bond donors (Lipinski definition) is 1. The van der Waals surface area contributed by atoms with Gasteiger partial charge in [-0.25, -0.2) is 9.97 Å². The SMILES string of the molecule is Cc1cc(C)nc(N2CCC(C(=O)NCCc3nnc4ccccn34)CC2)n1. The predicted molar refractivity (Wildman–Crippen MR) is 106 cm³/mol. The van der Waals surface area contributed by atoms with Crippen LogP contribution in [0.3, 0.4) is 0 Å². The third-order valence-electron chi connectivity index (χ3n) is 5.15. The second kappa shape index (κ2) is 7.92. The van der Waals surface area contributed by atoms with Crippen LogP contribution < -0.4 is 10.2 Å². The summed E-state index contributed by atoms with van der Waals surface area (Å²) in [6.07, 6.45) is 4.23. The molecule has 0 unspecified atom stereocenters. The molecule has 1 saturated heterocycles. The number of piperidine rings is 1. The molecule has 1 aliphatic rings. The van der Waals surface area contributed by atoms with Crippen LogP contribution >= 0.6 is 0 Å². The minimum absolute atomic E-state index is 0.0392. The lowest BCUT2D eigenvalue weighted by Crippen LogP contribution is -2.41. The number of rotatable bonds is 5. The van der Waals surface area contributed by atoms with Crippen molar-refractivity contribution in [3.63, 3.8) is 0 Å². The number of hydrogen-bond acceptors (Lipinski definition) is 6. The summed E-state index contributed by atoms with van der Waals surface area (Å²) in [6.45, 7) is 6.13. The molecule has 8 heteroatoms. The summed E-state index contributed by atoms with van der Waals surface area (Å²) in [5, 5.41) is 11.4. The molecule has 1 aliphatic heterocycles. The van der Waals surface area contributed by atoms with Gasteiger partial charge >= 0.3 is 0 Å². The molecule has 0 saturated carbocycles. The lowest BCUT2D eigenvalue weighted by molar-refractivity contribution is -0.125. The average molecular weight is 379 g/mol. The second-order valence-electron chi connectivity index (χ2n) is 7.30. The maximum Gasteiger partial charge on any atom is 0.225 e. The van der Waals surface area contributed by atoms with Gasteiger partial charge in [0.1, 0.15) is 5.82 Å². The summed E-state index contributed by atoms with van der Waals surface area (Å²) in [5.74, 6) is 1.79. The molecule has 8 nitrogen and oxygen atoms in total. The molecule has 1 fully saturated rings. The number of aromatic nitrogens is 5. The van der Waals surface area contributed by atoms with Crippen molar-refractivity contribution in [3.8, 4) is 0 Å². The molecule has 0 aromatic carbocycles. The Bertz CT molecular complexity index is 955. The summed E-state index contributed by atoms with van der Waals surface area (Å²) in [7, 11) is 0. The van der Waals surface area contributed by atoms with Crippen molar-refractivity contribution in [3.05, 3.63) is 47.7 Å². The third-order valence-corrected chi connectivity index (χ3v) is 5.15. The Hall–Kier alpha value is -3.03. The van der Waals surface area contributed by atoms with Crippen molar-refractivity contribution in [1.82, 2.24) is 29.9 Å². The van der Waals surface area contributed by atoms with Gasteiger partial charge in [0.2, 0.25) is 11.9 Å². The maximum absolute atomic E-state index is 12.5. The van der Waals surface area contributed by atoms with Gasteiger partial charge in [0.05, 0.1) is 0 Å². The van der Waals surface area contributed by atoms with Crippen molar-refractivity contribution in [2.45, 2.75) is 33.1 Å². The zero-order valence-corrected chi connectivity index (χ0v) is 16.3. The smallest absolute Gasteiger partial charge is 0.225 e. The van der Waals surface area contributed by atoms with Crippen LogP contribution in [0.2, 0.25) is 0 Å². The van der Waals surface area contributed by atoms with E-state index in [2.05, 4.69) is 30.4 Å². The van der Waals surface area contributed by atoms with Gasteiger partial charge in [0.15, 0.2) is 5.65 Å². The summed E-state index contributed by atoms with van der Waals surface area (Å²) in [5.41, 5.74) is 2.77. The first-order valence-corrected chi connectivity index (χ1v) is 9.74. The Labute approximate surface area is 164 Å². The molecular weight excluding hydrogens is 354 g/mol. The summed E-state index contributed by atoms with van der Waals surface area (Å²) in [6, 6.07) is 7.78. The molecule has 0 aliphatic carbocycles. The third kappa shape index (κ3) is 3.95. The minimum atomic E-state index is 0.0392. The van der Waals surface area contributed by atoms with E-state index in [1.165, 1.54) is 0 Å². The van der Waals surface area contributed by atoms with Crippen molar-refractivity contribution in [2.24, 2.45) is 5.92 Å². The molecule has 0 spiro atoms. The number of carbonyl (C=O) groups is 1. The molecule has 1 amide bonds. The topological polar surface area (TPSA) is 88.3 Å². The van der Waals surface area contributed by atoms with Crippen LogP contribution in [0.1, 0.15) is 30.1 Å². The molecule has 3 aromatic rings. The Kier molecular flexibility index (Phi) is 5.18. The van der Waals surface area contributed by atoms with Crippen LogP contribution in [0.15, 0.2) is 30.5 Å². The van der Waals surface area contributed by atoms with Gasteiger partial charge in [-0.15, -0.1) is 10.2 Å². The molecule has 28 heavy (non-hydrogen) atoms. The Morgan fingerprint density at radius 2 is 1.89 bits per heavy atom. The van der Waals surface area contributed by atoms with Crippen LogP contribution in [-0.2, 0) is 11.2 Å². The minimum Gasteiger partial charge on any atom is -0.355 e. The van der Waals surface area contributed by atoms with Gasteiger partial charge in [-0.1, -0.05) is 6.07 Å². The molecular formula is C20H25N7O. The molecule has 4 heterocycles. The summed E-state index contributed by atoms with van der Waals surface area (Å²) >= 11 is 0. The van der Waals surface area contributed by atoms with Crippen molar-refractivity contribution < 1.29 is 4.79 Å². The van der Waals surface area contributed by atoms with Crippen LogP contribution in [0.25, 0.3) is 5.65 Å². The summed E-state index contributed by atoms with van der Waals surface area (Å²) in [4.78, 5) is 23.8. The fraction of sp³-hybridized carbons (Fsp3) is 0.450. The first-order valence-electron chi connectivity index (χ1n) is 9.74. The number of amides is 1. The number of aryl methyl sites for hydroxylation is 2. The highest BCUT2D eigenvalue weighted by Gasteiger charge is 2.26. The highest BCUT2D eigenvalue weighted by atomic mass is 16.1. The maximum atomic E-state index is 12.5. The van der Waals surface area contributed by atoms with Gasteiger partial charge < -0.3 is 10.2 Å². The number of nitrogens with one attached hydrogen (secondary N) is 1. The zero-order valence-electron chi connectivity index (χ0n) is 16.3. The number of fused-ring (bicyclic) bond motifs is 1. The fourth-order valence-electron chi connectivity index (χ4n) is 3.69. The van der Waals surface area contributed by atoms with E-state index in [9.17, 15) is 4.79 Å². The van der Waals surface area contributed by atoms with E-state index in [4.69, 9.17) is 0 Å². The van der Waals surface area contributed by atoms with Crippen LogP contribution in [0.5, 0.6) is 0 Å². The van der Waals surface area contributed by atoms with Crippen molar-refractivity contribution >= 4 is 17.5 Å². The van der Waals surface area contributed by atoms with E-state index in [1.807, 2.05) is 48.7 Å². The quantitative estimate of drug-likeness (QED) is 0.726. The molecule has 3 aromatic heterocycles. The van der Waals surface area contributed by atoms with E-state index < -0.39 is 0 Å². The molecule has 0 radical (unpaired) electrons. The molecule has 146 valence electrons. The monoisotopic (exact) mass is 379 g/mol. The highest BCUT2D eigenvalue weighted by Crippen LogP contribution is 2.21. The van der Waals surface area contributed by atoms with E-state index in [1.54, 1.807) is 0 Å². The summed E-state index contributed by atoms with van der Waals surface area (Å²) < 4.78 is 1.95. The Balaban J connectivity index is 1.27. The van der Waals surface area contributed by atoms with Gasteiger partial charge in [-0.2, -0.15) is 0 Å². The van der Waals surface area contributed by atoms with Crippen LogP contribution in [0, 0.1) is 19.8 Å². The molecule has 0 atom stereocenters. The van der Waals surface area contributed by atoms with Gasteiger partial charge in [-0.3, -0.25) is 9.20 Å². The Morgan fingerprint density at radius 3 is 2.64 bits per heavy atom. The van der Waals surface area contributed by atoms with E-state index >= 15 is 0 Å². The lowest BCUT2D eigenvalue weighted by Gasteiger charge is -2.31. The molecule has 1 N–H and O–H groups in total. The Morgan fingerprint density at radius 1 is 1.14 bits per heavy atom. The normalized spacial score (nSPS) is 15.1. The molecule has 0 bridgehead atoms. The number of anilines is 1. The van der Waals surface area contributed by atoms with Crippen molar-refractivity contribution in [2.75, 3.05) is 24.5 Å². The van der Waals surface area contributed by atoms with E-state index in [-0.39, 0.29) is 11.8 Å². The largest absolute Gasteiger partial charge is 0.355 e. The first kappa shape index (κ1) is 18.3. The zero-order chi connectivity index (χ0) is 19.5. The van der Waals surface area contributed by atoms with Crippen molar-refractivity contribution in [1.29, 1.82) is 0 Å². The van der Waals surface area contributed by atoms with E-state index in [0.29, 0.717) is 13.0 Å². The molecule has 4 rings (SSSR count). The van der Waals surface area contributed by atoms with E-state index in [0.717, 1.165) is 54.7 Å². The van der Waals surface area contributed by atoms with Gasteiger partial charge in [-0.05, 0) is 44.9 Å². The first-order chi connectivity index (χ1) is 13.6. The second-order valence-corrected chi connectivity index (χ2v) is 7.30. The van der Waals surface area contributed by atoms with Gasteiger partial charge in [0.25, 0.3) is 0 Å². The number of nitrogens with zero attached hydrogens (tertiary/aromatic N) is 6. The predicted octanol–water partition coefficient (Wildman–Crippen LogP) is 1.71. The number of pyridine rings is 1. The standard InChI is InChI=1S/C20H25N7O/c1-14-13-15(2)23-20(22-14)26-11-7-16(8-12-26)19(28)21-9-6-18-25-24-17-5-3-4-10-27(17)18/h3-5,10,13,16H,6-9,11-12H2,1-2H3,(H,21,28). The fourth-order valence-corrected chi connectivity index (χ4v) is 3.69.